The maximum atomic E-state index is 12.2. The van der Waals surface area contributed by atoms with E-state index in [-0.39, 0.29) is 10.9 Å². The van der Waals surface area contributed by atoms with E-state index in [0.717, 1.165) is 5.56 Å². The van der Waals surface area contributed by atoms with Crippen LogP contribution >= 0.6 is 11.6 Å². The van der Waals surface area contributed by atoms with Crippen molar-refractivity contribution in [2.24, 2.45) is 0 Å². The second-order valence-electron chi connectivity index (χ2n) is 5.39. The molecule has 0 saturated heterocycles. The molecule has 7 heteroatoms. The third-order valence-electron chi connectivity index (χ3n) is 3.27. The van der Waals surface area contributed by atoms with Crippen LogP contribution in [0.3, 0.4) is 0 Å². The number of rotatable bonds is 8. The van der Waals surface area contributed by atoms with Gasteiger partial charge in [0.15, 0.2) is 0 Å². The molecule has 1 atom stereocenters. The third-order valence-corrected chi connectivity index (χ3v) is 5.21. The predicted molar refractivity (Wildman–Crippen MR) is 83.0 cm³/mol. The first-order chi connectivity index (χ1) is 9.92. The van der Waals surface area contributed by atoms with Gasteiger partial charge in [0, 0.05) is 30.8 Å². The standard InChI is InChI=1S/C14H21ClN2O3S/c1-10(9-20-2)17-21(18,19)13-6-3-11(14(15)7-13)8-16-12-4-5-12/h3,6-7,10,12,16-17H,4-5,8-9H2,1-2H3. The normalized spacial score (nSPS) is 16.9. The largest absolute Gasteiger partial charge is 0.383 e. The maximum absolute atomic E-state index is 12.2. The van der Waals surface area contributed by atoms with E-state index in [0.29, 0.717) is 24.2 Å². The molecule has 0 aromatic heterocycles. The zero-order valence-corrected chi connectivity index (χ0v) is 13.8. The Morgan fingerprint density at radius 3 is 2.71 bits per heavy atom. The molecular formula is C14H21ClN2O3S. The third kappa shape index (κ3) is 4.93. The van der Waals surface area contributed by atoms with E-state index in [2.05, 4.69) is 10.0 Å². The van der Waals surface area contributed by atoms with E-state index < -0.39 is 10.0 Å². The minimum Gasteiger partial charge on any atom is -0.383 e. The summed E-state index contributed by atoms with van der Waals surface area (Å²) in [5.74, 6) is 0. The fourth-order valence-corrected chi connectivity index (χ4v) is 3.56. The number of sulfonamides is 1. The summed E-state index contributed by atoms with van der Waals surface area (Å²) < 4.78 is 31.9. The van der Waals surface area contributed by atoms with Crippen molar-refractivity contribution in [2.45, 2.75) is 43.3 Å². The summed E-state index contributed by atoms with van der Waals surface area (Å²) in [5, 5.41) is 3.82. The zero-order valence-electron chi connectivity index (χ0n) is 12.2. The molecule has 2 rings (SSSR count). The molecule has 0 radical (unpaired) electrons. The lowest BCUT2D eigenvalue weighted by Crippen LogP contribution is -2.35. The fourth-order valence-electron chi connectivity index (χ4n) is 2.00. The van der Waals surface area contributed by atoms with Crippen LogP contribution in [0.25, 0.3) is 0 Å². The van der Waals surface area contributed by atoms with Gasteiger partial charge in [0.05, 0.1) is 11.5 Å². The van der Waals surface area contributed by atoms with Crippen LogP contribution in [0.5, 0.6) is 0 Å². The summed E-state index contributed by atoms with van der Waals surface area (Å²) in [6.45, 7) is 2.73. The first kappa shape index (κ1) is 16.7. The van der Waals surface area contributed by atoms with Gasteiger partial charge in [-0.05, 0) is 37.5 Å². The maximum Gasteiger partial charge on any atom is 0.240 e. The Balaban J connectivity index is 2.06. The molecule has 1 aromatic carbocycles. The number of hydrogen-bond donors (Lipinski definition) is 2. The fraction of sp³-hybridized carbons (Fsp3) is 0.571. The quantitative estimate of drug-likeness (QED) is 0.763. The summed E-state index contributed by atoms with van der Waals surface area (Å²) in [5.41, 5.74) is 0.910. The minimum atomic E-state index is -3.57. The smallest absolute Gasteiger partial charge is 0.240 e. The molecule has 2 N–H and O–H groups in total. The van der Waals surface area contributed by atoms with Crippen molar-refractivity contribution in [2.75, 3.05) is 13.7 Å². The number of ether oxygens (including phenoxy) is 1. The summed E-state index contributed by atoms with van der Waals surface area (Å²) >= 11 is 6.18. The van der Waals surface area contributed by atoms with Gasteiger partial charge < -0.3 is 10.1 Å². The van der Waals surface area contributed by atoms with Crippen LogP contribution < -0.4 is 10.0 Å². The molecule has 1 unspecified atom stereocenters. The highest BCUT2D eigenvalue weighted by molar-refractivity contribution is 7.89. The van der Waals surface area contributed by atoms with Crippen LogP contribution in [0.15, 0.2) is 23.1 Å². The van der Waals surface area contributed by atoms with E-state index in [1.807, 2.05) is 0 Å². The average molecular weight is 333 g/mol. The van der Waals surface area contributed by atoms with Gasteiger partial charge in [-0.2, -0.15) is 0 Å². The van der Waals surface area contributed by atoms with Gasteiger partial charge in [-0.15, -0.1) is 0 Å². The number of methoxy groups -OCH3 is 1. The summed E-state index contributed by atoms with van der Waals surface area (Å²) in [7, 11) is -2.04. The molecular weight excluding hydrogens is 312 g/mol. The molecule has 1 aromatic rings. The van der Waals surface area contributed by atoms with E-state index in [1.165, 1.54) is 26.0 Å². The lowest BCUT2D eigenvalue weighted by Gasteiger charge is -2.14. The number of hydrogen-bond acceptors (Lipinski definition) is 4. The second-order valence-corrected chi connectivity index (χ2v) is 7.51. The topological polar surface area (TPSA) is 67.4 Å². The Labute approximate surface area is 131 Å². The van der Waals surface area contributed by atoms with Crippen LogP contribution in [0.2, 0.25) is 5.02 Å². The second kappa shape index (κ2) is 7.07. The van der Waals surface area contributed by atoms with Gasteiger partial charge in [0.1, 0.15) is 0 Å². The molecule has 5 nitrogen and oxygen atoms in total. The van der Waals surface area contributed by atoms with Gasteiger partial charge >= 0.3 is 0 Å². The van der Waals surface area contributed by atoms with Crippen molar-refractivity contribution >= 4 is 21.6 Å². The monoisotopic (exact) mass is 332 g/mol. The highest BCUT2D eigenvalue weighted by Gasteiger charge is 2.21. The molecule has 0 amide bonds. The Morgan fingerprint density at radius 2 is 2.14 bits per heavy atom. The van der Waals surface area contributed by atoms with Crippen molar-refractivity contribution in [3.63, 3.8) is 0 Å². The van der Waals surface area contributed by atoms with Crippen LogP contribution in [0.1, 0.15) is 25.3 Å². The summed E-state index contributed by atoms with van der Waals surface area (Å²) in [6.07, 6.45) is 2.40. The molecule has 1 fully saturated rings. The Morgan fingerprint density at radius 1 is 1.43 bits per heavy atom. The first-order valence-electron chi connectivity index (χ1n) is 6.95. The Hall–Kier alpha value is -0.660. The van der Waals surface area contributed by atoms with Crippen LogP contribution in [0, 0.1) is 0 Å². The molecule has 0 spiro atoms. The lowest BCUT2D eigenvalue weighted by molar-refractivity contribution is 0.180. The average Bonchev–Trinajstić information content (AvgIpc) is 3.21. The molecule has 0 aliphatic heterocycles. The summed E-state index contributed by atoms with van der Waals surface area (Å²) in [6, 6.07) is 5.12. The highest BCUT2D eigenvalue weighted by Crippen LogP contribution is 2.23. The van der Waals surface area contributed by atoms with Gasteiger partial charge in [-0.3, -0.25) is 0 Å². The highest BCUT2D eigenvalue weighted by atomic mass is 35.5. The van der Waals surface area contributed by atoms with Crippen molar-refractivity contribution < 1.29 is 13.2 Å². The van der Waals surface area contributed by atoms with Gasteiger partial charge in [0.25, 0.3) is 0 Å². The molecule has 0 bridgehead atoms. The van der Waals surface area contributed by atoms with E-state index >= 15 is 0 Å². The predicted octanol–water partition coefficient (Wildman–Crippen LogP) is 1.91. The molecule has 21 heavy (non-hydrogen) atoms. The van der Waals surface area contributed by atoms with Gasteiger partial charge in [0.2, 0.25) is 10.0 Å². The molecule has 1 saturated carbocycles. The SMILES string of the molecule is COCC(C)NS(=O)(=O)c1ccc(CNC2CC2)c(Cl)c1. The Bertz CT molecular complexity index is 588. The number of benzene rings is 1. The lowest BCUT2D eigenvalue weighted by atomic mass is 10.2. The van der Waals surface area contributed by atoms with E-state index in [4.69, 9.17) is 16.3 Å². The van der Waals surface area contributed by atoms with Crippen molar-refractivity contribution in [1.29, 1.82) is 0 Å². The van der Waals surface area contributed by atoms with Crippen molar-refractivity contribution in [3.05, 3.63) is 28.8 Å². The minimum absolute atomic E-state index is 0.172. The van der Waals surface area contributed by atoms with Crippen LogP contribution in [0.4, 0.5) is 0 Å². The molecule has 1 aliphatic rings. The number of halogens is 1. The van der Waals surface area contributed by atoms with Crippen molar-refractivity contribution in [1.82, 2.24) is 10.0 Å². The Kier molecular flexibility index (Phi) is 5.62. The number of nitrogens with one attached hydrogen (secondary N) is 2. The van der Waals surface area contributed by atoms with Gasteiger partial charge in [-0.25, -0.2) is 13.1 Å². The first-order valence-corrected chi connectivity index (χ1v) is 8.81. The van der Waals surface area contributed by atoms with Crippen LogP contribution in [-0.2, 0) is 21.3 Å². The summed E-state index contributed by atoms with van der Waals surface area (Å²) in [4.78, 5) is 0.172. The zero-order chi connectivity index (χ0) is 15.5. The van der Waals surface area contributed by atoms with Gasteiger partial charge in [-0.1, -0.05) is 17.7 Å². The van der Waals surface area contributed by atoms with Crippen LogP contribution in [-0.4, -0.2) is 34.2 Å². The van der Waals surface area contributed by atoms with E-state index in [9.17, 15) is 8.42 Å². The molecule has 0 heterocycles. The molecule has 118 valence electrons. The van der Waals surface area contributed by atoms with E-state index in [1.54, 1.807) is 19.1 Å². The molecule has 1 aliphatic carbocycles. The van der Waals surface area contributed by atoms with Crippen molar-refractivity contribution in [3.8, 4) is 0 Å².